The van der Waals surface area contributed by atoms with Gasteiger partial charge in [-0.25, -0.2) is 4.68 Å². The van der Waals surface area contributed by atoms with E-state index in [1.54, 1.807) is 16.9 Å². The first kappa shape index (κ1) is 16.1. The number of rotatable bonds is 6. The van der Waals surface area contributed by atoms with E-state index in [9.17, 15) is 4.79 Å². The van der Waals surface area contributed by atoms with E-state index in [-0.39, 0.29) is 11.9 Å². The highest BCUT2D eigenvalue weighted by Crippen LogP contribution is 2.22. The molecule has 0 radical (unpaired) electrons. The van der Waals surface area contributed by atoms with Crippen LogP contribution in [0.3, 0.4) is 0 Å². The number of furan rings is 1. The zero-order valence-corrected chi connectivity index (χ0v) is 13.9. The highest BCUT2D eigenvalue weighted by Gasteiger charge is 2.11. The molecule has 1 N–H and O–H groups in total. The molecule has 3 aromatic rings. The first-order valence-electron chi connectivity index (χ1n) is 8.11. The predicted molar refractivity (Wildman–Crippen MR) is 93.7 cm³/mol. The number of aromatic nitrogens is 2. The van der Waals surface area contributed by atoms with Crippen molar-refractivity contribution < 1.29 is 9.21 Å². The number of benzene rings is 1. The number of anilines is 1. The van der Waals surface area contributed by atoms with Gasteiger partial charge in [0.1, 0.15) is 17.3 Å². The van der Waals surface area contributed by atoms with E-state index < -0.39 is 0 Å². The summed E-state index contributed by atoms with van der Waals surface area (Å²) >= 11 is 0. The second-order valence-electron chi connectivity index (χ2n) is 5.93. The molecular weight excluding hydrogens is 302 g/mol. The summed E-state index contributed by atoms with van der Waals surface area (Å²) in [6.45, 7) is 4.05. The summed E-state index contributed by atoms with van der Waals surface area (Å²) in [6, 6.07) is 15.8. The van der Waals surface area contributed by atoms with Gasteiger partial charge in [-0.05, 0) is 26.0 Å². The van der Waals surface area contributed by atoms with Gasteiger partial charge in [0, 0.05) is 30.5 Å². The van der Waals surface area contributed by atoms with Crippen molar-refractivity contribution in [1.82, 2.24) is 9.78 Å². The molecule has 1 amide bonds. The molecule has 0 spiro atoms. The average Bonchev–Trinajstić information content (AvgIpc) is 3.23. The van der Waals surface area contributed by atoms with Crippen molar-refractivity contribution in [2.75, 3.05) is 5.32 Å². The van der Waals surface area contributed by atoms with Crippen LogP contribution in [0.5, 0.6) is 0 Å². The van der Waals surface area contributed by atoms with Crippen LogP contribution in [-0.4, -0.2) is 15.7 Å². The Balaban J connectivity index is 1.57. The van der Waals surface area contributed by atoms with Crippen LogP contribution in [0.25, 0.3) is 11.3 Å². The highest BCUT2D eigenvalue weighted by atomic mass is 16.3. The topological polar surface area (TPSA) is 60.1 Å². The number of hydrogen-bond acceptors (Lipinski definition) is 3. The van der Waals surface area contributed by atoms with E-state index in [2.05, 4.69) is 10.4 Å². The van der Waals surface area contributed by atoms with Crippen molar-refractivity contribution in [3.63, 3.8) is 0 Å². The van der Waals surface area contributed by atoms with Gasteiger partial charge in [0.15, 0.2) is 0 Å². The van der Waals surface area contributed by atoms with Crippen LogP contribution in [0.1, 0.15) is 32.1 Å². The average molecular weight is 323 g/mol. The maximum atomic E-state index is 12.1. The molecule has 124 valence electrons. The van der Waals surface area contributed by atoms with Crippen molar-refractivity contribution >= 4 is 11.7 Å². The van der Waals surface area contributed by atoms with E-state index in [4.69, 9.17) is 4.42 Å². The summed E-state index contributed by atoms with van der Waals surface area (Å²) in [7, 11) is 0. The van der Waals surface area contributed by atoms with E-state index in [0.717, 1.165) is 22.9 Å². The third-order valence-electron chi connectivity index (χ3n) is 3.75. The molecular formula is C19H21N3O2. The first-order valence-corrected chi connectivity index (χ1v) is 8.11. The zero-order valence-electron chi connectivity index (χ0n) is 13.9. The predicted octanol–water partition coefficient (Wildman–Crippen LogP) is 4.30. The van der Waals surface area contributed by atoms with Gasteiger partial charge in [-0.1, -0.05) is 30.3 Å². The van der Waals surface area contributed by atoms with Crippen LogP contribution >= 0.6 is 0 Å². The largest absolute Gasteiger partial charge is 0.461 e. The normalized spacial score (nSPS) is 11.0. The summed E-state index contributed by atoms with van der Waals surface area (Å²) in [6.07, 6.45) is 2.62. The number of carbonyl (C=O) groups is 1. The Morgan fingerprint density at radius 1 is 1.17 bits per heavy atom. The molecule has 3 rings (SSSR count). The number of amides is 1. The van der Waals surface area contributed by atoms with Gasteiger partial charge >= 0.3 is 0 Å². The molecule has 24 heavy (non-hydrogen) atoms. The highest BCUT2D eigenvalue weighted by molar-refractivity contribution is 5.89. The molecule has 2 aromatic heterocycles. The van der Waals surface area contributed by atoms with E-state index >= 15 is 0 Å². The molecule has 0 saturated heterocycles. The molecule has 0 fully saturated rings. The maximum absolute atomic E-state index is 12.1. The second-order valence-corrected chi connectivity index (χ2v) is 5.93. The molecule has 5 nitrogen and oxygen atoms in total. The Bertz CT molecular complexity index is 803. The van der Waals surface area contributed by atoms with E-state index in [1.807, 2.05) is 56.3 Å². The lowest BCUT2D eigenvalue weighted by molar-refractivity contribution is -0.116. The Kier molecular flexibility index (Phi) is 4.79. The summed E-state index contributed by atoms with van der Waals surface area (Å²) in [5, 5.41) is 7.11. The monoisotopic (exact) mass is 323 g/mol. The molecule has 0 aliphatic heterocycles. The lowest BCUT2D eigenvalue weighted by Crippen LogP contribution is -2.16. The Morgan fingerprint density at radius 2 is 1.96 bits per heavy atom. The van der Waals surface area contributed by atoms with Crippen molar-refractivity contribution in [2.24, 2.45) is 0 Å². The summed E-state index contributed by atoms with van der Waals surface area (Å²) in [5.41, 5.74) is 1.04. The third-order valence-corrected chi connectivity index (χ3v) is 3.75. The van der Waals surface area contributed by atoms with Crippen LogP contribution in [0.2, 0.25) is 0 Å². The van der Waals surface area contributed by atoms with Crippen molar-refractivity contribution in [2.45, 2.75) is 32.7 Å². The van der Waals surface area contributed by atoms with Crippen LogP contribution in [0.15, 0.2) is 59.1 Å². The molecule has 0 aliphatic carbocycles. The van der Waals surface area contributed by atoms with Gasteiger partial charge in [-0.2, -0.15) is 5.10 Å². The minimum absolute atomic E-state index is 0.0462. The van der Waals surface area contributed by atoms with Gasteiger partial charge in [-0.15, -0.1) is 0 Å². The van der Waals surface area contributed by atoms with E-state index in [1.165, 1.54) is 0 Å². The Morgan fingerprint density at radius 3 is 2.71 bits per heavy atom. The standard InChI is InChI=1S/C19H21N3O2/c1-14(2)22-18(12-13-20-22)21-19(23)11-9-16-8-10-17(24-16)15-6-4-3-5-7-15/h3-8,10,12-14H,9,11H2,1-2H3,(H,21,23). The molecule has 2 heterocycles. The molecule has 0 bridgehead atoms. The van der Waals surface area contributed by atoms with Crippen LogP contribution in [0, 0.1) is 0 Å². The van der Waals surface area contributed by atoms with Gasteiger partial charge in [0.2, 0.25) is 5.91 Å². The fourth-order valence-corrected chi connectivity index (χ4v) is 2.54. The smallest absolute Gasteiger partial charge is 0.225 e. The number of carbonyl (C=O) groups excluding carboxylic acids is 1. The van der Waals surface area contributed by atoms with Gasteiger partial charge in [-0.3, -0.25) is 4.79 Å². The second kappa shape index (κ2) is 7.17. The van der Waals surface area contributed by atoms with Crippen molar-refractivity contribution in [3.8, 4) is 11.3 Å². The Hall–Kier alpha value is -2.82. The van der Waals surface area contributed by atoms with E-state index in [0.29, 0.717) is 12.8 Å². The zero-order chi connectivity index (χ0) is 16.9. The summed E-state index contributed by atoms with van der Waals surface area (Å²) < 4.78 is 7.61. The minimum Gasteiger partial charge on any atom is -0.461 e. The summed E-state index contributed by atoms with van der Waals surface area (Å²) in [5.74, 6) is 2.31. The molecule has 1 aromatic carbocycles. The van der Waals surface area contributed by atoms with Crippen molar-refractivity contribution in [1.29, 1.82) is 0 Å². The maximum Gasteiger partial charge on any atom is 0.225 e. The lowest BCUT2D eigenvalue weighted by atomic mass is 10.2. The molecule has 0 aliphatic rings. The number of nitrogens with zero attached hydrogens (tertiary/aromatic N) is 2. The quantitative estimate of drug-likeness (QED) is 0.736. The van der Waals surface area contributed by atoms with Gasteiger partial charge < -0.3 is 9.73 Å². The van der Waals surface area contributed by atoms with Gasteiger partial charge in [0.25, 0.3) is 0 Å². The number of hydrogen-bond donors (Lipinski definition) is 1. The minimum atomic E-state index is -0.0462. The van der Waals surface area contributed by atoms with Crippen LogP contribution in [-0.2, 0) is 11.2 Å². The van der Waals surface area contributed by atoms with Crippen molar-refractivity contribution in [3.05, 3.63) is 60.5 Å². The SMILES string of the molecule is CC(C)n1nccc1NC(=O)CCc1ccc(-c2ccccc2)o1. The Labute approximate surface area is 141 Å². The number of nitrogens with one attached hydrogen (secondary N) is 1. The first-order chi connectivity index (χ1) is 11.6. The van der Waals surface area contributed by atoms with Crippen LogP contribution < -0.4 is 5.32 Å². The molecule has 5 heteroatoms. The molecule has 0 atom stereocenters. The molecule has 0 saturated carbocycles. The molecule has 0 unspecified atom stereocenters. The lowest BCUT2D eigenvalue weighted by Gasteiger charge is -2.11. The fraction of sp³-hybridized carbons (Fsp3) is 0.263. The summed E-state index contributed by atoms with van der Waals surface area (Å²) in [4.78, 5) is 12.1. The third kappa shape index (κ3) is 3.74. The van der Waals surface area contributed by atoms with Crippen LogP contribution in [0.4, 0.5) is 5.82 Å². The fourth-order valence-electron chi connectivity index (χ4n) is 2.54. The van der Waals surface area contributed by atoms with Gasteiger partial charge in [0.05, 0.1) is 6.20 Å². The number of aryl methyl sites for hydroxylation is 1.